The van der Waals surface area contributed by atoms with Gasteiger partial charge in [0.15, 0.2) is 0 Å². The second-order valence-corrected chi connectivity index (χ2v) is 11.1. The van der Waals surface area contributed by atoms with E-state index in [0.717, 1.165) is 44.9 Å². The number of hydrogen-bond donors (Lipinski definition) is 1. The number of hydrogen-bond acceptors (Lipinski definition) is 4. The molecular formula is C24H37NaO4. The second-order valence-electron chi connectivity index (χ2n) is 11.1. The molecule has 4 aliphatic carbocycles. The van der Waals surface area contributed by atoms with Crippen LogP contribution in [0.25, 0.3) is 0 Å². The van der Waals surface area contributed by atoms with E-state index in [4.69, 9.17) is 0 Å². The van der Waals surface area contributed by atoms with Crippen molar-refractivity contribution in [3.05, 3.63) is 0 Å². The van der Waals surface area contributed by atoms with E-state index in [1.165, 1.54) is 6.42 Å². The molecule has 0 aromatic carbocycles. The molecule has 29 heavy (non-hydrogen) atoms. The van der Waals surface area contributed by atoms with Crippen molar-refractivity contribution in [1.82, 2.24) is 0 Å². The molecule has 4 nitrogen and oxygen atoms in total. The fourth-order valence-corrected chi connectivity index (χ4v) is 8.52. The van der Waals surface area contributed by atoms with E-state index < -0.39 is 5.97 Å². The van der Waals surface area contributed by atoms with E-state index >= 15 is 0 Å². The Labute approximate surface area is 197 Å². The van der Waals surface area contributed by atoms with Gasteiger partial charge >= 0.3 is 29.6 Å². The number of carboxylic acid groups (broad SMARTS) is 1. The van der Waals surface area contributed by atoms with Crippen LogP contribution in [0.1, 0.15) is 85.0 Å². The molecule has 5 heteroatoms. The first-order chi connectivity index (χ1) is 13.2. The Balaban J connectivity index is 0.00000240. The van der Waals surface area contributed by atoms with Crippen LogP contribution in [0.3, 0.4) is 0 Å². The van der Waals surface area contributed by atoms with E-state index in [9.17, 15) is 19.8 Å². The molecule has 4 aliphatic rings. The number of carboxylic acids is 1. The van der Waals surface area contributed by atoms with Crippen molar-refractivity contribution in [1.29, 1.82) is 0 Å². The number of carbonyl (C=O) groups excluding carboxylic acids is 2. The van der Waals surface area contributed by atoms with Gasteiger partial charge in [-0.1, -0.05) is 20.8 Å². The first kappa shape index (κ1) is 23.8. The largest absolute Gasteiger partial charge is 1.00 e. The Kier molecular flexibility index (Phi) is 7.01. The Morgan fingerprint density at radius 1 is 1.21 bits per heavy atom. The average Bonchev–Trinajstić information content (AvgIpc) is 3.00. The fraction of sp³-hybridized carbons (Fsp3) is 0.917. The SMILES string of the molecule is C[C@H](CCC(=O)[O-])[C@H]1CC[C@H]2[C@@H]3CCC4CC(=O)CC[C@]4(C)C3CC(O)[C@]12C.[Na+]. The molecule has 9 atom stereocenters. The number of aliphatic hydroxyl groups excluding tert-OH is 1. The quantitative estimate of drug-likeness (QED) is 0.677. The average molecular weight is 413 g/mol. The molecule has 0 spiro atoms. The van der Waals surface area contributed by atoms with Crippen molar-refractivity contribution in [2.75, 3.05) is 0 Å². The molecule has 3 unspecified atom stereocenters. The molecule has 4 saturated carbocycles. The van der Waals surface area contributed by atoms with Gasteiger partial charge in [0.25, 0.3) is 0 Å². The van der Waals surface area contributed by atoms with E-state index in [-0.39, 0.29) is 52.9 Å². The van der Waals surface area contributed by atoms with Gasteiger partial charge in [0.05, 0.1) is 6.10 Å². The molecule has 4 rings (SSSR count). The Hall–Kier alpha value is 0.1000. The summed E-state index contributed by atoms with van der Waals surface area (Å²) in [5.74, 6) is 2.40. The predicted octanol–water partition coefficient (Wildman–Crippen LogP) is 0.355. The molecule has 0 aromatic rings. The van der Waals surface area contributed by atoms with Gasteiger partial charge in [-0.15, -0.1) is 0 Å². The van der Waals surface area contributed by atoms with Crippen molar-refractivity contribution in [3.63, 3.8) is 0 Å². The Bertz CT molecular complexity index is 651. The maximum atomic E-state index is 12.0. The van der Waals surface area contributed by atoms with Gasteiger partial charge in [-0.25, -0.2) is 0 Å². The van der Waals surface area contributed by atoms with Crippen LogP contribution in [-0.4, -0.2) is 23.0 Å². The van der Waals surface area contributed by atoms with Crippen molar-refractivity contribution >= 4 is 11.8 Å². The predicted molar refractivity (Wildman–Crippen MR) is 105 cm³/mol. The summed E-state index contributed by atoms with van der Waals surface area (Å²) < 4.78 is 0. The van der Waals surface area contributed by atoms with Gasteiger partial charge in [0, 0.05) is 18.8 Å². The number of fused-ring (bicyclic) bond motifs is 5. The normalized spacial score (nSPS) is 47.4. The zero-order valence-corrected chi connectivity index (χ0v) is 20.8. The van der Waals surface area contributed by atoms with Crippen LogP contribution in [0.2, 0.25) is 0 Å². The summed E-state index contributed by atoms with van der Waals surface area (Å²) in [6.07, 6.45) is 8.42. The molecule has 1 N–H and O–H groups in total. The summed E-state index contributed by atoms with van der Waals surface area (Å²) in [6, 6.07) is 0. The van der Waals surface area contributed by atoms with Crippen LogP contribution < -0.4 is 34.7 Å². The van der Waals surface area contributed by atoms with Crippen LogP contribution in [0.5, 0.6) is 0 Å². The zero-order chi connectivity index (χ0) is 20.3. The number of aliphatic hydroxyl groups is 1. The summed E-state index contributed by atoms with van der Waals surface area (Å²) in [4.78, 5) is 23.0. The number of ketones is 1. The van der Waals surface area contributed by atoms with Gasteiger partial charge in [-0.2, -0.15) is 0 Å². The minimum Gasteiger partial charge on any atom is -0.550 e. The topological polar surface area (TPSA) is 77.4 Å². The number of Topliss-reactive ketones (excluding diaryl/α,β-unsaturated/α-hetero) is 1. The Morgan fingerprint density at radius 2 is 1.93 bits per heavy atom. The summed E-state index contributed by atoms with van der Waals surface area (Å²) in [5.41, 5.74) is 0.109. The van der Waals surface area contributed by atoms with Gasteiger partial charge in [0.1, 0.15) is 5.78 Å². The maximum Gasteiger partial charge on any atom is 1.00 e. The zero-order valence-electron chi connectivity index (χ0n) is 18.8. The third kappa shape index (κ3) is 3.79. The van der Waals surface area contributed by atoms with Gasteiger partial charge in [0.2, 0.25) is 0 Å². The molecule has 0 saturated heterocycles. The summed E-state index contributed by atoms with van der Waals surface area (Å²) >= 11 is 0. The number of carbonyl (C=O) groups is 2. The first-order valence-corrected chi connectivity index (χ1v) is 11.6. The minimum absolute atomic E-state index is 0. The van der Waals surface area contributed by atoms with Crippen molar-refractivity contribution in [3.8, 4) is 0 Å². The van der Waals surface area contributed by atoms with E-state index in [2.05, 4.69) is 20.8 Å². The monoisotopic (exact) mass is 412 g/mol. The van der Waals surface area contributed by atoms with Gasteiger partial charge < -0.3 is 15.0 Å². The van der Waals surface area contributed by atoms with Crippen molar-refractivity contribution < 1.29 is 49.4 Å². The molecule has 0 heterocycles. The third-order valence-electron chi connectivity index (χ3n) is 10.2. The van der Waals surface area contributed by atoms with E-state index in [0.29, 0.717) is 47.7 Å². The maximum absolute atomic E-state index is 12.0. The van der Waals surface area contributed by atoms with Crippen LogP contribution in [0.4, 0.5) is 0 Å². The Morgan fingerprint density at radius 3 is 2.62 bits per heavy atom. The van der Waals surface area contributed by atoms with Crippen LogP contribution >= 0.6 is 0 Å². The van der Waals surface area contributed by atoms with Crippen LogP contribution in [-0.2, 0) is 9.59 Å². The van der Waals surface area contributed by atoms with Gasteiger partial charge in [-0.3, -0.25) is 4.79 Å². The molecular weight excluding hydrogens is 375 g/mol. The number of aliphatic carboxylic acids is 1. The second kappa shape index (κ2) is 8.56. The number of rotatable bonds is 4. The smallest absolute Gasteiger partial charge is 0.550 e. The van der Waals surface area contributed by atoms with Crippen LogP contribution in [0, 0.1) is 46.3 Å². The summed E-state index contributed by atoms with van der Waals surface area (Å²) in [6.45, 7) is 6.88. The molecule has 0 amide bonds. The molecule has 0 aromatic heterocycles. The third-order valence-corrected chi connectivity index (χ3v) is 10.2. The van der Waals surface area contributed by atoms with E-state index in [1.807, 2.05) is 0 Å². The van der Waals surface area contributed by atoms with Gasteiger partial charge in [-0.05, 0) is 97.7 Å². The van der Waals surface area contributed by atoms with E-state index in [1.54, 1.807) is 0 Å². The molecule has 0 radical (unpaired) electrons. The molecule has 4 fully saturated rings. The fourth-order valence-electron chi connectivity index (χ4n) is 8.52. The standard InChI is InChI=1S/C24H38O4.Na/c1-14(4-9-22(27)28)18-7-8-19-17-6-5-15-12-16(25)10-11-23(15,2)20(17)13-21(26)24(18,19)3;/h14-15,17-21,26H,4-13H2,1-3H3,(H,27,28);/q;+1/p-1/t14-,15?,17+,18-,19+,20?,21?,23+,24-;/m1./s1. The molecule has 158 valence electrons. The minimum atomic E-state index is -0.964. The summed E-state index contributed by atoms with van der Waals surface area (Å²) in [7, 11) is 0. The first-order valence-electron chi connectivity index (χ1n) is 11.6. The molecule has 0 bridgehead atoms. The molecule has 0 aliphatic heterocycles. The van der Waals surface area contributed by atoms with Crippen molar-refractivity contribution in [2.45, 2.75) is 91.1 Å². The van der Waals surface area contributed by atoms with Crippen molar-refractivity contribution in [2.24, 2.45) is 46.3 Å². The summed E-state index contributed by atoms with van der Waals surface area (Å²) in [5, 5.41) is 22.4. The van der Waals surface area contributed by atoms with Crippen LogP contribution in [0.15, 0.2) is 0 Å².